The Labute approximate surface area is 141 Å². The van der Waals surface area contributed by atoms with E-state index in [1.807, 2.05) is 30.3 Å². The van der Waals surface area contributed by atoms with Crippen LogP contribution in [0.1, 0.15) is 0 Å². The van der Waals surface area contributed by atoms with Crippen LogP contribution in [0.4, 0.5) is 5.82 Å². The van der Waals surface area contributed by atoms with Gasteiger partial charge < -0.3 is 5.73 Å². The summed E-state index contributed by atoms with van der Waals surface area (Å²) in [6, 6.07) is 9.59. The zero-order chi connectivity index (χ0) is 14.3. The second-order valence-corrected chi connectivity index (χ2v) is 8.29. The standard InChI is InChI=1S/C13H8Br2ClN3S/c14-9-5-8(12(15)20-9)11-10(13(17)19-18-11)6-2-1-3-7(16)4-6/h1-5H,(H3,17,18,19). The monoisotopic (exact) mass is 431 g/mol. The van der Waals surface area contributed by atoms with E-state index in [0.29, 0.717) is 10.8 Å². The van der Waals surface area contributed by atoms with E-state index < -0.39 is 0 Å². The third kappa shape index (κ3) is 2.53. The Kier molecular flexibility index (Phi) is 3.90. The van der Waals surface area contributed by atoms with Gasteiger partial charge in [0.25, 0.3) is 0 Å². The van der Waals surface area contributed by atoms with Crippen molar-refractivity contribution < 1.29 is 0 Å². The molecule has 0 bridgehead atoms. The zero-order valence-electron chi connectivity index (χ0n) is 9.95. The van der Waals surface area contributed by atoms with Gasteiger partial charge in [-0.15, -0.1) is 11.3 Å². The molecule has 7 heteroatoms. The lowest BCUT2D eigenvalue weighted by atomic mass is 10.0. The predicted molar refractivity (Wildman–Crippen MR) is 92.2 cm³/mol. The fourth-order valence-corrected chi connectivity index (χ4v) is 5.01. The minimum absolute atomic E-state index is 0.455. The van der Waals surface area contributed by atoms with E-state index in [1.165, 1.54) is 0 Å². The molecule has 1 aromatic carbocycles. The topological polar surface area (TPSA) is 54.7 Å². The maximum absolute atomic E-state index is 6.06. The molecule has 3 nitrogen and oxygen atoms in total. The van der Waals surface area contributed by atoms with E-state index in [9.17, 15) is 0 Å². The van der Waals surface area contributed by atoms with Gasteiger partial charge in [0.05, 0.1) is 18.8 Å². The molecule has 0 saturated heterocycles. The molecular formula is C13H8Br2ClN3S. The number of nitrogens with two attached hydrogens (primary N) is 1. The summed E-state index contributed by atoms with van der Waals surface area (Å²) in [5.74, 6) is 0.455. The molecular weight excluding hydrogens is 425 g/mol. The van der Waals surface area contributed by atoms with Crippen molar-refractivity contribution in [2.75, 3.05) is 5.73 Å². The van der Waals surface area contributed by atoms with Crippen molar-refractivity contribution in [3.8, 4) is 22.4 Å². The zero-order valence-corrected chi connectivity index (χ0v) is 14.7. The van der Waals surface area contributed by atoms with Gasteiger partial charge in [0, 0.05) is 10.6 Å². The van der Waals surface area contributed by atoms with E-state index >= 15 is 0 Å². The molecule has 0 radical (unpaired) electrons. The van der Waals surface area contributed by atoms with Gasteiger partial charge in [-0.1, -0.05) is 23.7 Å². The first-order valence-electron chi connectivity index (χ1n) is 5.61. The van der Waals surface area contributed by atoms with Crippen LogP contribution < -0.4 is 5.73 Å². The number of aromatic amines is 1. The molecule has 20 heavy (non-hydrogen) atoms. The highest BCUT2D eigenvalue weighted by Gasteiger charge is 2.18. The average molecular weight is 434 g/mol. The molecule has 2 aromatic heterocycles. The summed E-state index contributed by atoms with van der Waals surface area (Å²) in [7, 11) is 0. The van der Waals surface area contributed by atoms with Crippen LogP contribution in [0.5, 0.6) is 0 Å². The number of anilines is 1. The van der Waals surface area contributed by atoms with E-state index in [1.54, 1.807) is 11.3 Å². The molecule has 0 saturated carbocycles. The Morgan fingerprint density at radius 1 is 1.25 bits per heavy atom. The van der Waals surface area contributed by atoms with Crippen LogP contribution >= 0.6 is 54.8 Å². The number of halogens is 3. The Balaban J connectivity index is 2.22. The second kappa shape index (κ2) is 5.52. The quantitative estimate of drug-likeness (QED) is 0.555. The van der Waals surface area contributed by atoms with E-state index in [4.69, 9.17) is 17.3 Å². The fraction of sp³-hybridized carbons (Fsp3) is 0. The lowest BCUT2D eigenvalue weighted by molar-refractivity contribution is 1.10. The lowest BCUT2D eigenvalue weighted by Gasteiger charge is -2.04. The normalized spacial score (nSPS) is 10.9. The molecule has 102 valence electrons. The smallest absolute Gasteiger partial charge is 0.153 e. The van der Waals surface area contributed by atoms with Crippen molar-refractivity contribution in [3.63, 3.8) is 0 Å². The highest BCUT2D eigenvalue weighted by atomic mass is 79.9. The molecule has 2 heterocycles. The second-order valence-electron chi connectivity index (χ2n) is 4.11. The van der Waals surface area contributed by atoms with Crippen LogP contribution in [0, 0.1) is 0 Å². The highest BCUT2D eigenvalue weighted by molar-refractivity contribution is 9.12. The molecule has 0 aliphatic heterocycles. The summed E-state index contributed by atoms with van der Waals surface area (Å²) in [5, 5.41) is 7.79. The predicted octanol–water partition coefficient (Wildman–Crippen LogP) is 5.57. The third-order valence-electron chi connectivity index (χ3n) is 2.83. The summed E-state index contributed by atoms with van der Waals surface area (Å²) in [5.41, 5.74) is 9.69. The number of nitrogens with zero attached hydrogens (tertiary/aromatic N) is 1. The first-order chi connectivity index (χ1) is 9.56. The number of nitrogen functional groups attached to an aromatic ring is 1. The summed E-state index contributed by atoms with van der Waals surface area (Å²) in [4.78, 5) is 0. The molecule has 0 aliphatic carbocycles. The number of nitrogens with one attached hydrogen (secondary N) is 1. The molecule has 0 atom stereocenters. The largest absolute Gasteiger partial charge is 0.382 e. The average Bonchev–Trinajstić information content (AvgIpc) is 2.92. The number of rotatable bonds is 2. The minimum atomic E-state index is 0.455. The van der Waals surface area contributed by atoms with Crippen molar-refractivity contribution in [1.82, 2.24) is 10.2 Å². The van der Waals surface area contributed by atoms with Crippen LogP contribution in [-0.4, -0.2) is 10.2 Å². The highest BCUT2D eigenvalue weighted by Crippen LogP contribution is 2.43. The first kappa shape index (κ1) is 14.1. The minimum Gasteiger partial charge on any atom is -0.382 e. The molecule has 0 fully saturated rings. The van der Waals surface area contributed by atoms with Gasteiger partial charge in [-0.05, 0) is 55.6 Å². The molecule has 0 unspecified atom stereocenters. The van der Waals surface area contributed by atoms with Gasteiger partial charge >= 0.3 is 0 Å². The van der Waals surface area contributed by atoms with Gasteiger partial charge in [-0.3, -0.25) is 5.10 Å². The van der Waals surface area contributed by atoms with Gasteiger partial charge in [0.15, 0.2) is 5.82 Å². The number of benzene rings is 1. The van der Waals surface area contributed by atoms with Crippen molar-refractivity contribution in [2.45, 2.75) is 0 Å². The number of thiophene rings is 1. The number of aromatic nitrogens is 2. The molecule has 0 spiro atoms. The van der Waals surface area contributed by atoms with Gasteiger partial charge in [0.2, 0.25) is 0 Å². The third-order valence-corrected chi connectivity index (χ3v) is 5.41. The maximum atomic E-state index is 6.06. The van der Waals surface area contributed by atoms with E-state index in [2.05, 4.69) is 42.1 Å². The van der Waals surface area contributed by atoms with Crippen molar-refractivity contribution in [3.05, 3.63) is 42.9 Å². The lowest BCUT2D eigenvalue weighted by Crippen LogP contribution is -1.88. The van der Waals surface area contributed by atoms with Crippen molar-refractivity contribution in [1.29, 1.82) is 0 Å². The van der Waals surface area contributed by atoms with Gasteiger partial charge in [0.1, 0.15) is 0 Å². The fourth-order valence-electron chi connectivity index (χ4n) is 2.00. The molecule has 3 N–H and O–H groups in total. The van der Waals surface area contributed by atoms with Crippen molar-refractivity contribution in [2.24, 2.45) is 0 Å². The molecule has 0 amide bonds. The number of hydrogen-bond acceptors (Lipinski definition) is 3. The Morgan fingerprint density at radius 2 is 2.05 bits per heavy atom. The van der Waals surface area contributed by atoms with Gasteiger partial charge in [-0.25, -0.2) is 0 Å². The first-order valence-corrected chi connectivity index (χ1v) is 8.39. The van der Waals surface area contributed by atoms with Crippen molar-refractivity contribution >= 4 is 60.6 Å². The number of hydrogen-bond donors (Lipinski definition) is 2. The van der Waals surface area contributed by atoms with Gasteiger partial charge in [-0.2, -0.15) is 5.10 Å². The van der Waals surface area contributed by atoms with Crippen LogP contribution in [0.2, 0.25) is 5.02 Å². The summed E-state index contributed by atoms with van der Waals surface area (Å²) in [6.45, 7) is 0. The van der Waals surface area contributed by atoms with Crippen LogP contribution in [-0.2, 0) is 0 Å². The Bertz CT molecular complexity index is 782. The van der Waals surface area contributed by atoms with Crippen LogP contribution in [0.3, 0.4) is 0 Å². The SMILES string of the molecule is Nc1n[nH]c(-c2cc(Br)sc2Br)c1-c1cccc(Cl)c1. The summed E-state index contributed by atoms with van der Waals surface area (Å²) < 4.78 is 2.04. The molecule has 0 aliphatic rings. The Hall–Kier alpha value is -0.820. The number of H-pyrrole nitrogens is 1. The van der Waals surface area contributed by atoms with Crippen LogP contribution in [0.15, 0.2) is 37.9 Å². The Morgan fingerprint density at radius 3 is 2.70 bits per heavy atom. The summed E-state index contributed by atoms with van der Waals surface area (Å²) >= 11 is 14.7. The van der Waals surface area contributed by atoms with E-state index in [-0.39, 0.29) is 0 Å². The molecule has 3 rings (SSSR count). The maximum Gasteiger partial charge on any atom is 0.153 e. The van der Waals surface area contributed by atoms with Crippen LogP contribution in [0.25, 0.3) is 22.4 Å². The molecule has 3 aromatic rings. The summed E-state index contributed by atoms with van der Waals surface area (Å²) in [6.07, 6.45) is 0. The van der Waals surface area contributed by atoms with E-state index in [0.717, 1.165) is 30.0 Å².